The molecule has 98 valence electrons. The van der Waals surface area contributed by atoms with Gasteiger partial charge in [0.15, 0.2) is 0 Å². The summed E-state index contributed by atoms with van der Waals surface area (Å²) in [6.45, 7) is 0.814. The Hall–Kier alpha value is -2.30. The minimum absolute atomic E-state index is 0.0473. The number of phenolic OH excluding ortho intramolecular Hbond substituents is 1. The van der Waals surface area contributed by atoms with E-state index in [4.69, 9.17) is 0 Å². The van der Waals surface area contributed by atoms with Crippen molar-refractivity contribution in [2.75, 3.05) is 5.32 Å². The first-order chi connectivity index (χ1) is 9.24. The summed E-state index contributed by atoms with van der Waals surface area (Å²) in [4.78, 5) is 16.3. The van der Waals surface area contributed by atoms with Gasteiger partial charge in [0.05, 0.1) is 12.0 Å². The van der Waals surface area contributed by atoms with Crippen LogP contribution in [0.15, 0.2) is 36.8 Å². The Morgan fingerprint density at radius 3 is 3.11 bits per heavy atom. The van der Waals surface area contributed by atoms with Crippen molar-refractivity contribution in [2.45, 2.75) is 19.4 Å². The number of hydrogen-bond acceptors (Lipinski definition) is 3. The molecule has 1 aromatic heterocycles. The number of para-hydroxylation sites is 2. The molecule has 3 rings (SSSR count). The number of rotatable bonds is 2. The Balaban J connectivity index is 1.71. The van der Waals surface area contributed by atoms with Crippen molar-refractivity contribution in [3.63, 3.8) is 0 Å². The highest BCUT2D eigenvalue weighted by Gasteiger charge is 2.25. The number of imidazole rings is 1. The minimum Gasteiger partial charge on any atom is -0.506 e. The fourth-order valence-corrected chi connectivity index (χ4v) is 2.41. The van der Waals surface area contributed by atoms with Gasteiger partial charge in [0.1, 0.15) is 5.75 Å². The molecule has 0 spiro atoms. The highest BCUT2D eigenvalue weighted by Crippen LogP contribution is 2.25. The number of nitrogens with zero attached hydrogens (tertiary/aromatic N) is 2. The first-order valence-electron chi connectivity index (χ1n) is 6.32. The van der Waals surface area contributed by atoms with Crippen LogP contribution in [0, 0.1) is 5.92 Å². The predicted octanol–water partition coefficient (Wildman–Crippen LogP) is 1.79. The van der Waals surface area contributed by atoms with E-state index < -0.39 is 0 Å². The Kier molecular flexibility index (Phi) is 2.95. The van der Waals surface area contributed by atoms with Crippen molar-refractivity contribution >= 4 is 11.6 Å². The summed E-state index contributed by atoms with van der Waals surface area (Å²) in [5.74, 6) is -0.0190. The maximum atomic E-state index is 12.2. The second kappa shape index (κ2) is 4.76. The zero-order valence-corrected chi connectivity index (χ0v) is 10.4. The molecule has 1 aromatic carbocycles. The Bertz CT molecular complexity index is 606. The van der Waals surface area contributed by atoms with E-state index in [1.165, 1.54) is 0 Å². The van der Waals surface area contributed by atoms with Crippen molar-refractivity contribution in [1.82, 2.24) is 9.55 Å². The maximum Gasteiger partial charge on any atom is 0.228 e. The Morgan fingerprint density at radius 1 is 1.42 bits per heavy atom. The third-order valence-corrected chi connectivity index (χ3v) is 3.51. The molecule has 19 heavy (non-hydrogen) atoms. The molecule has 1 atom stereocenters. The third kappa shape index (κ3) is 2.31. The van der Waals surface area contributed by atoms with Gasteiger partial charge in [-0.25, -0.2) is 4.98 Å². The number of benzene rings is 1. The van der Waals surface area contributed by atoms with E-state index >= 15 is 0 Å². The van der Waals surface area contributed by atoms with Gasteiger partial charge in [-0.05, 0) is 18.6 Å². The van der Waals surface area contributed by atoms with Crippen LogP contribution in [-0.2, 0) is 17.8 Å². The molecule has 1 aliphatic rings. The number of carbonyl (C=O) groups excluding carboxylic acids is 1. The van der Waals surface area contributed by atoms with E-state index in [9.17, 15) is 9.90 Å². The summed E-state index contributed by atoms with van der Waals surface area (Å²) in [6.07, 6.45) is 5.09. The average molecular weight is 257 g/mol. The molecule has 2 aromatic rings. The van der Waals surface area contributed by atoms with Crippen LogP contribution in [0.3, 0.4) is 0 Å². The van der Waals surface area contributed by atoms with Crippen molar-refractivity contribution in [3.05, 3.63) is 42.5 Å². The lowest BCUT2D eigenvalue weighted by molar-refractivity contribution is -0.120. The Morgan fingerprint density at radius 2 is 2.26 bits per heavy atom. The summed E-state index contributed by atoms with van der Waals surface area (Å²) in [5, 5.41) is 12.4. The van der Waals surface area contributed by atoms with E-state index in [1.807, 2.05) is 0 Å². The highest BCUT2D eigenvalue weighted by atomic mass is 16.3. The summed E-state index contributed by atoms with van der Waals surface area (Å²) < 4.78 is 2.07. The monoisotopic (exact) mass is 257 g/mol. The molecule has 2 N–H and O–H groups in total. The largest absolute Gasteiger partial charge is 0.506 e. The van der Waals surface area contributed by atoms with Gasteiger partial charge in [-0.2, -0.15) is 0 Å². The number of aromatic nitrogens is 2. The van der Waals surface area contributed by atoms with E-state index in [-0.39, 0.29) is 17.6 Å². The lowest BCUT2D eigenvalue weighted by Gasteiger charge is -2.23. The van der Waals surface area contributed by atoms with Gasteiger partial charge in [0, 0.05) is 30.8 Å². The first kappa shape index (κ1) is 11.8. The second-order valence-electron chi connectivity index (χ2n) is 4.77. The smallest absolute Gasteiger partial charge is 0.228 e. The molecule has 2 heterocycles. The lowest BCUT2D eigenvalue weighted by atomic mass is 9.95. The van der Waals surface area contributed by atoms with Crippen LogP contribution >= 0.6 is 0 Å². The summed E-state index contributed by atoms with van der Waals surface area (Å²) in [7, 11) is 0. The number of amides is 1. The quantitative estimate of drug-likeness (QED) is 0.806. The van der Waals surface area contributed by atoms with Crippen LogP contribution in [0.5, 0.6) is 5.75 Å². The summed E-state index contributed by atoms with van der Waals surface area (Å²) in [5.41, 5.74) is 1.55. The van der Waals surface area contributed by atoms with Crippen LogP contribution in [0.1, 0.15) is 12.1 Å². The summed E-state index contributed by atoms with van der Waals surface area (Å²) >= 11 is 0. The molecule has 0 fully saturated rings. The molecule has 0 radical (unpaired) electrons. The van der Waals surface area contributed by atoms with Gasteiger partial charge in [0.25, 0.3) is 0 Å². The number of phenols is 1. The average Bonchev–Trinajstić information content (AvgIpc) is 2.88. The molecule has 5 nitrogen and oxygen atoms in total. The second-order valence-corrected chi connectivity index (χ2v) is 4.77. The fraction of sp³-hybridized carbons (Fsp3) is 0.286. The van der Waals surface area contributed by atoms with Gasteiger partial charge in [-0.3, -0.25) is 4.79 Å². The highest BCUT2D eigenvalue weighted by molar-refractivity contribution is 5.94. The van der Waals surface area contributed by atoms with E-state index in [1.54, 1.807) is 36.8 Å². The van der Waals surface area contributed by atoms with Crippen molar-refractivity contribution < 1.29 is 9.90 Å². The molecular weight excluding hydrogens is 242 g/mol. The van der Waals surface area contributed by atoms with Gasteiger partial charge >= 0.3 is 0 Å². The lowest BCUT2D eigenvalue weighted by Crippen LogP contribution is -2.29. The summed E-state index contributed by atoms with van der Waals surface area (Å²) in [6, 6.07) is 6.77. The van der Waals surface area contributed by atoms with Crippen molar-refractivity contribution in [2.24, 2.45) is 5.92 Å². The van der Waals surface area contributed by atoms with Gasteiger partial charge in [-0.15, -0.1) is 0 Å². The molecule has 0 saturated heterocycles. The number of hydrogen-bond donors (Lipinski definition) is 2. The van der Waals surface area contributed by atoms with Gasteiger partial charge in [0.2, 0.25) is 5.91 Å². The van der Waals surface area contributed by atoms with Crippen LogP contribution < -0.4 is 5.32 Å². The molecular formula is C14H15N3O2. The number of aryl methyl sites for hydroxylation is 1. The van der Waals surface area contributed by atoms with Crippen molar-refractivity contribution in [1.29, 1.82) is 0 Å². The van der Waals surface area contributed by atoms with Crippen LogP contribution in [0.2, 0.25) is 0 Å². The molecule has 0 saturated carbocycles. The molecule has 5 heteroatoms. The van der Waals surface area contributed by atoms with Crippen LogP contribution in [0.4, 0.5) is 5.69 Å². The first-order valence-corrected chi connectivity index (χ1v) is 6.32. The third-order valence-electron chi connectivity index (χ3n) is 3.51. The zero-order chi connectivity index (χ0) is 13.2. The number of aromatic hydroxyl groups is 1. The number of carbonyl (C=O) groups is 1. The Labute approximate surface area is 110 Å². The topological polar surface area (TPSA) is 67.2 Å². The standard InChI is InChI=1S/C14H15N3O2/c18-13-4-2-1-3-12(13)16-14(19)10-5-6-17-9-15-8-11(17)7-10/h1-4,8-10,18H,5-7H2,(H,16,19). The number of nitrogens with one attached hydrogen (secondary N) is 1. The molecule has 1 aliphatic heterocycles. The fourth-order valence-electron chi connectivity index (χ4n) is 2.41. The molecule has 1 amide bonds. The normalized spacial score (nSPS) is 17.8. The number of anilines is 1. The van der Waals surface area contributed by atoms with Crippen molar-refractivity contribution in [3.8, 4) is 5.75 Å². The molecule has 1 unspecified atom stereocenters. The van der Waals surface area contributed by atoms with Crippen LogP contribution in [-0.4, -0.2) is 20.6 Å². The van der Waals surface area contributed by atoms with E-state index in [0.29, 0.717) is 12.1 Å². The van der Waals surface area contributed by atoms with E-state index in [0.717, 1.165) is 18.7 Å². The van der Waals surface area contributed by atoms with Gasteiger partial charge < -0.3 is 15.0 Å². The molecule has 0 bridgehead atoms. The van der Waals surface area contributed by atoms with Gasteiger partial charge in [-0.1, -0.05) is 12.1 Å². The maximum absolute atomic E-state index is 12.2. The SMILES string of the molecule is O=C(Nc1ccccc1O)C1CCn2cncc2C1. The molecule has 0 aliphatic carbocycles. The van der Waals surface area contributed by atoms with E-state index in [2.05, 4.69) is 14.9 Å². The zero-order valence-electron chi connectivity index (χ0n) is 10.4. The van der Waals surface area contributed by atoms with Crippen LogP contribution in [0.25, 0.3) is 0 Å². The number of fused-ring (bicyclic) bond motifs is 1. The minimum atomic E-state index is -0.0659. The predicted molar refractivity (Wildman–Crippen MR) is 70.8 cm³/mol.